The van der Waals surface area contributed by atoms with E-state index in [1.807, 2.05) is 26.0 Å². The number of hydrogen-bond acceptors (Lipinski definition) is 3. The Balaban J connectivity index is 2.75. The van der Waals surface area contributed by atoms with Gasteiger partial charge in [0, 0.05) is 16.1 Å². The minimum Gasteiger partial charge on any atom is -0.321 e. The summed E-state index contributed by atoms with van der Waals surface area (Å²) in [5.41, 5.74) is 0. The first-order chi connectivity index (χ1) is 7.09. The van der Waals surface area contributed by atoms with Crippen molar-refractivity contribution in [3.8, 4) is 0 Å². The summed E-state index contributed by atoms with van der Waals surface area (Å²) in [6.45, 7) is 1.64. The van der Waals surface area contributed by atoms with Crippen molar-refractivity contribution in [1.29, 1.82) is 0 Å². The van der Waals surface area contributed by atoms with E-state index in [0.29, 0.717) is 17.8 Å². The maximum atomic E-state index is 12.1. The van der Waals surface area contributed by atoms with Gasteiger partial charge in [-0.15, -0.1) is 0 Å². The van der Waals surface area contributed by atoms with Crippen molar-refractivity contribution in [3.05, 3.63) is 29.3 Å². The van der Waals surface area contributed by atoms with Crippen LogP contribution in [0.25, 0.3) is 0 Å². The molecule has 0 spiro atoms. The third-order valence-electron chi connectivity index (χ3n) is 1.77. The van der Waals surface area contributed by atoms with Crippen molar-refractivity contribution in [3.63, 3.8) is 0 Å². The van der Waals surface area contributed by atoms with Crippen LogP contribution in [-0.4, -0.2) is 12.8 Å². The molecule has 0 bridgehead atoms. The molecule has 0 aliphatic rings. The lowest BCUT2D eigenvalue weighted by molar-refractivity contribution is 0.347. The summed E-state index contributed by atoms with van der Waals surface area (Å²) in [6, 6.07) is 7.29. The fourth-order valence-corrected chi connectivity index (χ4v) is 4.69. The van der Waals surface area contributed by atoms with Crippen LogP contribution in [0.1, 0.15) is 13.8 Å². The van der Waals surface area contributed by atoms with Gasteiger partial charge >= 0.3 is 0 Å². The Morgan fingerprint density at radius 2 is 1.93 bits per heavy atom. The normalized spacial score (nSPS) is 14.9. The molecule has 0 heterocycles. The van der Waals surface area contributed by atoms with Crippen LogP contribution in [-0.2, 0) is 9.09 Å². The van der Waals surface area contributed by atoms with E-state index in [1.54, 1.807) is 12.1 Å². The van der Waals surface area contributed by atoms with Gasteiger partial charge in [-0.05, 0) is 42.6 Å². The fraction of sp³-hybridized carbons (Fsp3) is 0.400. The molecule has 1 aromatic rings. The van der Waals surface area contributed by atoms with Crippen LogP contribution >= 0.6 is 29.6 Å². The van der Waals surface area contributed by atoms with Crippen LogP contribution in [0.2, 0.25) is 5.02 Å². The van der Waals surface area contributed by atoms with Crippen LogP contribution in [0.15, 0.2) is 29.2 Å². The first-order valence-electron chi connectivity index (χ1n) is 4.78. The molecule has 0 aliphatic carbocycles. The van der Waals surface area contributed by atoms with Gasteiger partial charge in [-0.1, -0.05) is 18.5 Å². The second-order valence-corrected chi connectivity index (χ2v) is 8.31. The molecule has 0 amide bonds. The summed E-state index contributed by atoms with van der Waals surface area (Å²) in [5, 5.41) is 0.682. The van der Waals surface area contributed by atoms with E-state index in [0.717, 1.165) is 4.90 Å². The largest absolute Gasteiger partial charge is 0.321 e. The van der Waals surface area contributed by atoms with Crippen LogP contribution in [0.3, 0.4) is 0 Å². The molecule has 5 heteroatoms. The molecule has 15 heavy (non-hydrogen) atoms. The van der Waals surface area contributed by atoms with Crippen LogP contribution < -0.4 is 0 Å². The lowest BCUT2D eigenvalue weighted by Crippen LogP contribution is -1.88. The third-order valence-corrected chi connectivity index (χ3v) is 6.77. The van der Waals surface area contributed by atoms with Gasteiger partial charge < -0.3 is 4.52 Å². The maximum absolute atomic E-state index is 12.1. The number of halogens is 1. The van der Waals surface area contributed by atoms with Crippen molar-refractivity contribution in [2.75, 3.05) is 12.8 Å². The molecular weight excluding hydrogens is 251 g/mol. The lowest BCUT2D eigenvalue weighted by Gasteiger charge is -2.14. The molecule has 1 rings (SSSR count). The zero-order valence-corrected chi connectivity index (χ0v) is 11.2. The van der Waals surface area contributed by atoms with Gasteiger partial charge in [0.25, 0.3) is 6.57 Å². The van der Waals surface area contributed by atoms with Crippen molar-refractivity contribution in [2.24, 2.45) is 0 Å². The SMILES string of the molecule is CCOP(=O)(CC)Sc1ccc(Cl)cc1. The second-order valence-electron chi connectivity index (χ2n) is 2.89. The summed E-state index contributed by atoms with van der Waals surface area (Å²) in [6.07, 6.45) is 0.536. The molecular formula is C10H14ClO2PS. The van der Waals surface area contributed by atoms with E-state index >= 15 is 0 Å². The van der Waals surface area contributed by atoms with Gasteiger partial charge in [0.05, 0.1) is 6.61 Å². The zero-order chi connectivity index (χ0) is 11.3. The maximum Gasteiger partial charge on any atom is 0.262 e. The highest BCUT2D eigenvalue weighted by molar-refractivity contribution is 8.56. The van der Waals surface area contributed by atoms with Gasteiger partial charge in [0.1, 0.15) is 0 Å². The van der Waals surface area contributed by atoms with E-state index in [9.17, 15) is 4.57 Å². The van der Waals surface area contributed by atoms with Crippen LogP contribution in [0, 0.1) is 0 Å². The van der Waals surface area contributed by atoms with Crippen molar-refractivity contribution in [2.45, 2.75) is 18.7 Å². The highest BCUT2D eigenvalue weighted by atomic mass is 35.5. The average molecular weight is 265 g/mol. The topological polar surface area (TPSA) is 26.3 Å². The summed E-state index contributed by atoms with van der Waals surface area (Å²) in [7, 11) is 0. The third kappa shape index (κ3) is 4.20. The van der Waals surface area contributed by atoms with E-state index in [1.165, 1.54) is 11.4 Å². The second kappa shape index (κ2) is 5.95. The van der Waals surface area contributed by atoms with Crippen LogP contribution in [0.4, 0.5) is 0 Å². The quantitative estimate of drug-likeness (QED) is 0.722. The molecule has 84 valence electrons. The van der Waals surface area contributed by atoms with Gasteiger partial charge in [-0.2, -0.15) is 0 Å². The van der Waals surface area contributed by atoms with E-state index in [-0.39, 0.29) is 0 Å². The molecule has 0 saturated carbocycles. The Kier molecular flexibility index (Phi) is 5.20. The van der Waals surface area contributed by atoms with Crippen molar-refractivity contribution in [1.82, 2.24) is 0 Å². The van der Waals surface area contributed by atoms with Gasteiger partial charge in [0.2, 0.25) is 0 Å². The minimum absolute atomic E-state index is 0.478. The first kappa shape index (κ1) is 13.1. The van der Waals surface area contributed by atoms with Crippen molar-refractivity contribution >= 4 is 29.6 Å². The Labute approximate surface area is 99.6 Å². The summed E-state index contributed by atoms with van der Waals surface area (Å²) < 4.78 is 17.4. The Morgan fingerprint density at radius 3 is 2.40 bits per heavy atom. The molecule has 1 aromatic carbocycles. The Morgan fingerprint density at radius 1 is 1.33 bits per heavy atom. The van der Waals surface area contributed by atoms with E-state index in [4.69, 9.17) is 16.1 Å². The average Bonchev–Trinajstić information content (AvgIpc) is 2.22. The predicted octanol–water partition coefficient (Wildman–Crippen LogP) is 4.68. The standard InChI is InChI=1S/C10H14ClO2PS/c1-3-13-14(12,4-2)15-10-7-5-9(11)6-8-10/h5-8H,3-4H2,1-2H3. The molecule has 1 atom stereocenters. The highest BCUT2D eigenvalue weighted by Gasteiger charge is 2.21. The molecule has 0 aromatic heterocycles. The van der Waals surface area contributed by atoms with Gasteiger partial charge in [0.15, 0.2) is 0 Å². The molecule has 0 aliphatic heterocycles. The summed E-state index contributed by atoms with van der Waals surface area (Å²) in [4.78, 5) is 0.929. The molecule has 0 fully saturated rings. The van der Waals surface area contributed by atoms with Gasteiger partial charge in [-0.3, -0.25) is 4.57 Å². The Bertz CT molecular complexity index is 353. The van der Waals surface area contributed by atoms with E-state index < -0.39 is 6.57 Å². The van der Waals surface area contributed by atoms with Gasteiger partial charge in [-0.25, -0.2) is 0 Å². The van der Waals surface area contributed by atoms with Crippen LogP contribution in [0.5, 0.6) is 0 Å². The predicted molar refractivity (Wildman–Crippen MR) is 67.1 cm³/mol. The van der Waals surface area contributed by atoms with Crippen molar-refractivity contribution < 1.29 is 9.09 Å². The molecule has 0 N–H and O–H groups in total. The molecule has 0 saturated heterocycles. The number of benzene rings is 1. The molecule has 0 radical (unpaired) electrons. The fourth-order valence-electron chi connectivity index (χ4n) is 1.03. The minimum atomic E-state index is -2.56. The number of rotatable bonds is 5. The smallest absolute Gasteiger partial charge is 0.262 e. The molecule has 2 nitrogen and oxygen atoms in total. The first-order valence-corrected chi connectivity index (χ1v) is 8.39. The molecule has 1 unspecified atom stereocenters. The lowest BCUT2D eigenvalue weighted by atomic mass is 10.4. The summed E-state index contributed by atoms with van der Waals surface area (Å²) in [5.74, 6) is 0. The zero-order valence-electron chi connectivity index (χ0n) is 8.77. The van der Waals surface area contributed by atoms with E-state index in [2.05, 4.69) is 0 Å². The highest BCUT2D eigenvalue weighted by Crippen LogP contribution is 2.62. The summed E-state index contributed by atoms with van der Waals surface area (Å²) >= 11 is 7.07. The number of hydrogen-bond donors (Lipinski definition) is 0. The monoisotopic (exact) mass is 264 g/mol. The Hall–Kier alpha value is 0.0500.